The average molecular weight is 255 g/mol. The van der Waals surface area contributed by atoms with Gasteiger partial charge in [0.15, 0.2) is 0 Å². The first-order valence-electron chi connectivity index (χ1n) is 6.08. The van der Waals surface area contributed by atoms with E-state index in [1.807, 2.05) is 0 Å². The van der Waals surface area contributed by atoms with Crippen LogP contribution in [0.15, 0.2) is 12.4 Å². The molecule has 1 fully saturated rings. The maximum Gasteiger partial charge on any atom is 0.0843 e. The maximum absolute atomic E-state index is 6.16. The number of aromatic nitrogens is 1. The molecular formula is C12H19ClN4. The molecule has 1 saturated heterocycles. The standard InChI is InChI=1S/C12H19ClN4/c1-2-3-16-4-6-17(7-5-16)12-10(13)8-15-9-11(12)14/h8-9H,2-7,14H2,1H3. The van der Waals surface area contributed by atoms with E-state index < -0.39 is 0 Å². The van der Waals surface area contributed by atoms with Crippen molar-refractivity contribution >= 4 is 23.0 Å². The predicted octanol–water partition coefficient (Wildman–Crippen LogP) is 1.85. The van der Waals surface area contributed by atoms with Crippen molar-refractivity contribution in [1.82, 2.24) is 9.88 Å². The van der Waals surface area contributed by atoms with Crippen molar-refractivity contribution in [3.8, 4) is 0 Å². The van der Waals surface area contributed by atoms with Crippen LogP contribution >= 0.6 is 11.6 Å². The van der Waals surface area contributed by atoms with Crippen LogP contribution in [0.25, 0.3) is 0 Å². The highest BCUT2D eigenvalue weighted by molar-refractivity contribution is 6.33. The van der Waals surface area contributed by atoms with Crippen LogP contribution in [0.2, 0.25) is 5.02 Å². The van der Waals surface area contributed by atoms with Crippen molar-refractivity contribution in [3.05, 3.63) is 17.4 Å². The van der Waals surface area contributed by atoms with Crippen LogP contribution in [0.1, 0.15) is 13.3 Å². The van der Waals surface area contributed by atoms with Gasteiger partial charge in [-0.3, -0.25) is 9.88 Å². The number of anilines is 2. The quantitative estimate of drug-likeness (QED) is 0.894. The van der Waals surface area contributed by atoms with Crippen LogP contribution in [-0.2, 0) is 0 Å². The number of piperazine rings is 1. The third kappa shape index (κ3) is 2.82. The summed E-state index contributed by atoms with van der Waals surface area (Å²) in [5, 5.41) is 0.647. The van der Waals surface area contributed by atoms with Crippen LogP contribution in [-0.4, -0.2) is 42.6 Å². The van der Waals surface area contributed by atoms with Crippen molar-refractivity contribution in [2.45, 2.75) is 13.3 Å². The van der Waals surface area contributed by atoms with Gasteiger partial charge in [0, 0.05) is 32.4 Å². The smallest absolute Gasteiger partial charge is 0.0843 e. The fourth-order valence-electron chi connectivity index (χ4n) is 2.29. The molecule has 17 heavy (non-hydrogen) atoms. The van der Waals surface area contributed by atoms with Gasteiger partial charge in [0.1, 0.15) is 0 Å². The third-order valence-electron chi connectivity index (χ3n) is 3.13. The lowest BCUT2D eigenvalue weighted by atomic mass is 10.2. The minimum absolute atomic E-state index is 0.647. The Labute approximate surface area is 107 Å². The fraction of sp³-hybridized carbons (Fsp3) is 0.583. The number of nitrogens with zero attached hydrogens (tertiary/aromatic N) is 3. The summed E-state index contributed by atoms with van der Waals surface area (Å²) in [6, 6.07) is 0. The van der Waals surface area contributed by atoms with Crippen LogP contribution < -0.4 is 10.6 Å². The molecule has 0 amide bonds. The lowest BCUT2D eigenvalue weighted by Gasteiger charge is -2.36. The normalized spacial score (nSPS) is 17.4. The first kappa shape index (κ1) is 12.5. The lowest BCUT2D eigenvalue weighted by molar-refractivity contribution is 0.258. The molecule has 1 aromatic heterocycles. The highest BCUT2D eigenvalue weighted by Crippen LogP contribution is 2.31. The molecule has 1 aromatic rings. The molecule has 0 saturated carbocycles. The topological polar surface area (TPSA) is 45.4 Å². The molecule has 94 valence electrons. The maximum atomic E-state index is 6.16. The zero-order chi connectivity index (χ0) is 12.3. The number of pyridine rings is 1. The van der Waals surface area contributed by atoms with Crippen molar-refractivity contribution in [2.75, 3.05) is 43.4 Å². The SMILES string of the molecule is CCCN1CCN(c2c(N)cncc2Cl)CC1. The molecule has 1 aliphatic rings. The van der Waals surface area contributed by atoms with E-state index in [0.29, 0.717) is 10.7 Å². The van der Waals surface area contributed by atoms with E-state index in [1.165, 1.54) is 13.0 Å². The van der Waals surface area contributed by atoms with E-state index in [4.69, 9.17) is 17.3 Å². The molecule has 5 heteroatoms. The van der Waals surface area contributed by atoms with Crippen LogP contribution in [0.3, 0.4) is 0 Å². The van der Waals surface area contributed by atoms with Crippen molar-refractivity contribution in [2.24, 2.45) is 0 Å². The summed E-state index contributed by atoms with van der Waals surface area (Å²) in [4.78, 5) is 8.72. The second-order valence-electron chi connectivity index (χ2n) is 4.39. The summed E-state index contributed by atoms with van der Waals surface area (Å²) in [6.07, 6.45) is 4.53. The summed E-state index contributed by atoms with van der Waals surface area (Å²) >= 11 is 6.16. The highest BCUT2D eigenvalue weighted by Gasteiger charge is 2.20. The summed E-state index contributed by atoms with van der Waals surface area (Å²) < 4.78 is 0. The van der Waals surface area contributed by atoms with Crippen molar-refractivity contribution < 1.29 is 0 Å². The number of halogens is 1. The Morgan fingerprint density at radius 2 is 2.00 bits per heavy atom. The molecule has 2 N–H and O–H groups in total. The van der Waals surface area contributed by atoms with Crippen LogP contribution in [0, 0.1) is 0 Å². The lowest BCUT2D eigenvalue weighted by Crippen LogP contribution is -2.46. The molecule has 0 atom stereocenters. The monoisotopic (exact) mass is 254 g/mol. The van der Waals surface area contributed by atoms with E-state index in [0.717, 1.165) is 31.9 Å². The van der Waals surface area contributed by atoms with E-state index in [2.05, 4.69) is 21.7 Å². The van der Waals surface area contributed by atoms with E-state index in [1.54, 1.807) is 12.4 Å². The van der Waals surface area contributed by atoms with Gasteiger partial charge >= 0.3 is 0 Å². The molecule has 0 bridgehead atoms. The van der Waals surface area contributed by atoms with E-state index in [9.17, 15) is 0 Å². The number of nitrogen functional groups attached to an aromatic ring is 1. The third-order valence-corrected chi connectivity index (χ3v) is 3.41. The summed E-state index contributed by atoms with van der Waals surface area (Å²) in [5.41, 5.74) is 7.55. The van der Waals surface area contributed by atoms with Gasteiger partial charge in [-0.05, 0) is 13.0 Å². The number of hydrogen-bond donors (Lipinski definition) is 1. The van der Waals surface area contributed by atoms with Gasteiger partial charge in [0.2, 0.25) is 0 Å². The minimum atomic E-state index is 0.647. The Balaban J connectivity index is 2.05. The Morgan fingerprint density at radius 1 is 1.29 bits per heavy atom. The van der Waals surface area contributed by atoms with Gasteiger partial charge in [-0.2, -0.15) is 0 Å². The molecule has 0 aromatic carbocycles. The summed E-state index contributed by atoms with van der Waals surface area (Å²) in [5.74, 6) is 0. The Kier molecular flexibility index (Phi) is 4.07. The van der Waals surface area contributed by atoms with Gasteiger partial charge in [0.05, 0.1) is 22.6 Å². The molecule has 0 radical (unpaired) electrons. The largest absolute Gasteiger partial charge is 0.396 e. The fourth-order valence-corrected chi connectivity index (χ4v) is 2.57. The van der Waals surface area contributed by atoms with E-state index >= 15 is 0 Å². The van der Waals surface area contributed by atoms with Gasteiger partial charge in [0.25, 0.3) is 0 Å². The molecule has 0 aliphatic carbocycles. The number of nitrogens with two attached hydrogens (primary N) is 1. The molecular weight excluding hydrogens is 236 g/mol. The molecule has 0 unspecified atom stereocenters. The zero-order valence-corrected chi connectivity index (χ0v) is 11.0. The van der Waals surface area contributed by atoms with Crippen LogP contribution in [0.5, 0.6) is 0 Å². The second-order valence-corrected chi connectivity index (χ2v) is 4.80. The molecule has 0 spiro atoms. The molecule has 2 rings (SSSR count). The summed E-state index contributed by atoms with van der Waals surface area (Å²) in [7, 11) is 0. The van der Waals surface area contributed by atoms with Crippen molar-refractivity contribution in [1.29, 1.82) is 0 Å². The minimum Gasteiger partial charge on any atom is -0.396 e. The Morgan fingerprint density at radius 3 is 2.59 bits per heavy atom. The molecule has 4 nitrogen and oxygen atoms in total. The van der Waals surface area contributed by atoms with Gasteiger partial charge in [-0.15, -0.1) is 0 Å². The van der Waals surface area contributed by atoms with Crippen molar-refractivity contribution in [3.63, 3.8) is 0 Å². The van der Waals surface area contributed by atoms with Gasteiger partial charge < -0.3 is 10.6 Å². The van der Waals surface area contributed by atoms with Gasteiger partial charge in [-0.1, -0.05) is 18.5 Å². The summed E-state index contributed by atoms with van der Waals surface area (Å²) in [6.45, 7) is 7.50. The van der Waals surface area contributed by atoms with E-state index in [-0.39, 0.29) is 0 Å². The van der Waals surface area contributed by atoms with Gasteiger partial charge in [-0.25, -0.2) is 0 Å². The predicted molar refractivity (Wildman–Crippen MR) is 72.6 cm³/mol. The average Bonchev–Trinajstić information content (AvgIpc) is 2.31. The first-order chi connectivity index (χ1) is 8.22. The number of hydrogen-bond acceptors (Lipinski definition) is 4. The number of rotatable bonds is 3. The Bertz CT molecular complexity index is 355. The van der Waals surface area contributed by atoms with Crippen LogP contribution in [0.4, 0.5) is 11.4 Å². The zero-order valence-electron chi connectivity index (χ0n) is 10.2. The molecule has 2 heterocycles. The molecule has 1 aliphatic heterocycles. The first-order valence-corrected chi connectivity index (χ1v) is 6.46. The highest BCUT2D eigenvalue weighted by atomic mass is 35.5. The second kappa shape index (κ2) is 5.56. The Hall–Kier alpha value is -1.00.